The number of para-hydroxylation sites is 3. The van der Waals surface area contributed by atoms with Gasteiger partial charge in [-0.05, 0) is 30.7 Å². The first kappa shape index (κ1) is 14.3. The SMILES string of the molecule is Cc1cccc2sc(NC(=O)COc3ccccc3O)nc12. The number of amides is 1. The first-order valence-electron chi connectivity index (χ1n) is 6.70. The summed E-state index contributed by atoms with van der Waals surface area (Å²) in [4.78, 5) is 16.3. The molecule has 0 spiro atoms. The van der Waals surface area contributed by atoms with E-state index in [0.29, 0.717) is 5.13 Å². The normalized spacial score (nSPS) is 10.6. The van der Waals surface area contributed by atoms with Crippen molar-refractivity contribution in [1.82, 2.24) is 4.98 Å². The molecular weight excluding hydrogens is 300 g/mol. The van der Waals surface area contributed by atoms with Crippen LogP contribution >= 0.6 is 11.3 Å². The number of aromatic hydroxyl groups is 1. The summed E-state index contributed by atoms with van der Waals surface area (Å²) >= 11 is 1.42. The molecule has 3 aromatic rings. The van der Waals surface area contributed by atoms with Gasteiger partial charge < -0.3 is 9.84 Å². The molecule has 0 unspecified atom stereocenters. The van der Waals surface area contributed by atoms with Crippen LogP contribution in [0.4, 0.5) is 5.13 Å². The van der Waals surface area contributed by atoms with Crippen molar-refractivity contribution in [2.45, 2.75) is 6.92 Å². The number of phenolic OH excluding ortho intramolecular Hbond substituents is 1. The quantitative estimate of drug-likeness (QED) is 0.775. The maximum atomic E-state index is 11.9. The zero-order valence-corrected chi connectivity index (χ0v) is 12.7. The molecule has 0 aliphatic rings. The Balaban J connectivity index is 1.66. The molecule has 0 atom stereocenters. The molecule has 5 nitrogen and oxygen atoms in total. The van der Waals surface area contributed by atoms with Crippen LogP contribution in [0.25, 0.3) is 10.2 Å². The van der Waals surface area contributed by atoms with Crippen LogP contribution in [0, 0.1) is 6.92 Å². The van der Waals surface area contributed by atoms with Gasteiger partial charge in [0, 0.05) is 0 Å². The molecule has 0 fully saturated rings. The standard InChI is InChI=1S/C16H14N2O3S/c1-10-5-4-8-13-15(10)18-16(22-13)17-14(20)9-21-12-7-3-2-6-11(12)19/h2-8,19H,9H2,1H3,(H,17,18,20). The lowest BCUT2D eigenvalue weighted by atomic mass is 10.2. The summed E-state index contributed by atoms with van der Waals surface area (Å²) in [5, 5.41) is 12.8. The molecule has 0 bridgehead atoms. The number of rotatable bonds is 4. The number of benzene rings is 2. The number of anilines is 1. The van der Waals surface area contributed by atoms with Crippen molar-refractivity contribution in [2.24, 2.45) is 0 Å². The van der Waals surface area contributed by atoms with Crippen LogP contribution in [0.15, 0.2) is 42.5 Å². The topological polar surface area (TPSA) is 71.5 Å². The molecule has 2 aromatic carbocycles. The maximum Gasteiger partial charge on any atom is 0.264 e. The molecule has 22 heavy (non-hydrogen) atoms. The third-order valence-electron chi connectivity index (χ3n) is 3.09. The van der Waals surface area contributed by atoms with Crippen LogP contribution in [0.2, 0.25) is 0 Å². The van der Waals surface area contributed by atoms with Crippen LogP contribution in [0.3, 0.4) is 0 Å². The molecule has 6 heteroatoms. The number of thiazole rings is 1. The largest absolute Gasteiger partial charge is 0.504 e. The second kappa shape index (κ2) is 6.03. The molecule has 0 saturated carbocycles. The van der Waals surface area contributed by atoms with Gasteiger partial charge in [-0.2, -0.15) is 0 Å². The van der Waals surface area contributed by atoms with Crippen molar-refractivity contribution in [1.29, 1.82) is 0 Å². The van der Waals surface area contributed by atoms with E-state index in [1.807, 2.05) is 25.1 Å². The van der Waals surface area contributed by atoms with Gasteiger partial charge in [0.1, 0.15) is 0 Å². The Morgan fingerprint density at radius 1 is 1.27 bits per heavy atom. The summed E-state index contributed by atoms with van der Waals surface area (Å²) in [5.74, 6) is -0.0383. The third-order valence-corrected chi connectivity index (χ3v) is 4.03. The summed E-state index contributed by atoms with van der Waals surface area (Å²) in [5.41, 5.74) is 1.96. The third kappa shape index (κ3) is 3.01. The molecule has 0 radical (unpaired) electrons. The molecular formula is C16H14N2O3S. The Labute approximate surface area is 131 Å². The van der Waals surface area contributed by atoms with Crippen LogP contribution in [-0.2, 0) is 4.79 Å². The Morgan fingerprint density at radius 3 is 2.86 bits per heavy atom. The summed E-state index contributed by atoms with van der Waals surface area (Å²) in [6, 6.07) is 12.4. The predicted molar refractivity (Wildman–Crippen MR) is 86.6 cm³/mol. The van der Waals surface area contributed by atoms with E-state index < -0.39 is 0 Å². The number of carbonyl (C=O) groups is 1. The molecule has 3 rings (SSSR count). The smallest absolute Gasteiger partial charge is 0.264 e. The van der Waals surface area contributed by atoms with Gasteiger partial charge >= 0.3 is 0 Å². The fourth-order valence-electron chi connectivity index (χ4n) is 2.02. The first-order chi connectivity index (χ1) is 10.6. The van der Waals surface area contributed by atoms with Gasteiger partial charge in [0.05, 0.1) is 10.2 Å². The van der Waals surface area contributed by atoms with Gasteiger partial charge in [0.15, 0.2) is 23.2 Å². The Kier molecular flexibility index (Phi) is 3.93. The lowest BCUT2D eigenvalue weighted by Crippen LogP contribution is -2.20. The summed E-state index contributed by atoms with van der Waals surface area (Å²) in [6.07, 6.45) is 0. The molecule has 1 heterocycles. The van der Waals surface area contributed by atoms with Crippen molar-refractivity contribution in [2.75, 3.05) is 11.9 Å². The van der Waals surface area contributed by atoms with Crippen molar-refractivity contribution in [3.8, 4) is 11.5 Å². The molecule has 0 aliphatic heterocycles. The molecule has 1 amide bonds. The minimum Gasteiger partial charge on any atom is -0.504 e. The van der Waals surface area contributed by atoms with Crippen LogP contribution in [0.5, 0.6) is 11.5 Å². The second-order valence-electron chi connectivity index (χ2n) is 4.75. The van der Waals surface area contributed by atoms with Gasteiger partial charge in [-0.25, -0.2) is 4.98 Å². The van der Waals surface area contributed by atoms with E-state index in [-0.39, 0.29) is 24.0 Å². The molecule has 1 aromatic heterocycles. The van der Waals surface area contributed by atoms with Crippen LogP contribution in [-0.4, -0.2) is 22.6 Å². The average molecular weight is 314 g/mol. The number of ether oxygens (including phenoxy) is 1. The van der Waals surface area contributed by atoms with Gasteiger partial charge in [0.2, 0.25) is 0 Å². The monoisotopic (exact) mass is 314 g/mol. The zero-order chi connectivity index (χ0) is 15.5. The molecule has 0 saturated heterocycles. The van der Waals surface area contributed by atoms with Crippen molar-refractivity contribution in [3.05, 3.63) is 48.0 Å². The number of fused-ring (bicyclic) bond motifs is 1. The minimum absolute atomic E-state index is 0.00547. The van der Waals surface area contributed by atoms with E-state index in [4.69, 9.17) is 4.74 Å². The predicted octanol–water partition coefficient (Wildman–Crippen LogP) is 3.33. The first-order valence-corrected chi connectivity index (χ1v) is 7.52. The van der Waals surface area contributed by atoms with E-state index in [2.05, 4.69) is 10.3 Å². The number of aryl methyl sites for hydroxylation is 1. The number of phenols is 1. The number of carbonyl (C=O) groups excluding carboxylic acids is 1. The van der Waals surface area contributed by atoms with Gasteiger partial charge in [-0.15, -0.1) is 0 Å². The highest BCUT2D eigenvalue weighted by Gasteiger charge is 2.10. The summed E-state index contributed by atoms with van der Waals surface area (Å²) < 4.78 is 6.31. The van der Waals surface area contributed by atoms with Gasteiger partial charge in [0.25, 0.3) is 5.91 Å². The zero-order valence-electron chi connectivity index (χ0n) is 11.9. The Hall–Kier alpha value is -2.60. The highest BCUT2D eigenvalue weighted by Crippen LogP contribution is 2.28. The van der Waals surface area contributed by atoms with E-state index in [1.165, 1.54) is 17.4 Å². The fourth-order valence-corrected chi connectivity index (χ4v) is 2.98. The molecule has 112 valence electrons. The van der Waals surface area contributed by atoms with Crippen molar-refractivity contribution < 1.29 is 14.6 Å². The fraction of sp³-hybridized carbons (Fsp3) is 0.125. The van der Waals surface area contributed by atoms with E-state index >= 15 is 0 Å². The molecule has 2 N–H and O–H groups in total. The minimum atomic E-state index is -0.319. The van der Waals surface area contributed by atoms with Crippen molar-refractivity contribution >= 4 is 32.6 Å². The number of hydrogen-bond acceptors (Lipinski definition) is 5. The maximum absolute atomic E-state index is 11.9. The van der Waals surface area contributed by atoms with Gasteiger partial charge in [-0.3, -0.25) is 10.1 Å². The Bertz CT molecular complexity index is 829. The summed E-state index contributed by atoms with van der Waals surface area (Å²) in [7, 11) is 0. The molecule has 0 aliphatic carbocycles. The number of aromatic nitrogens is 1. The number of nitrogens with zero attached hydrogens (tertiary/aromatic N) is 1. The van der Waals surface area contributed by atoms with E-state index in [1.54, 1.807) is 18.2 Å². The highest BCUT2D eigenvalue weighted by molar-refractivity contribution is 7.22. The van der Waals surface area contributed by atoms with E-state index in [9.17, 15) is 9.90 Å². The summed E-state index contributed by atoms with van der Waals surface area (Å²) in [6.45, 7) is 1.79. The number of nitrogens with one attached hydrogen (secondary N) is 1. The van der Waals surface area contributed by atoms with Crippen molar-refractivity contribution in [3.63, 3.8) is 0 Å². The highest BCUT2D eigenvalue weighted by atomic mass is 32.1. The Morgan fingerprint density at radius 2 is 2.09 bits per heavy atom. The van der Waals surface area contributed by atoms with Crippen LogP contribution in [0.1, 0.15) is 5.56 Å². The lowest BCUT2D eigenvalue weighted by molar-refractivity contribution is -0.118. The van der Waals surface area contributed by atoms with E-state index in [0.717, 1.165) is 15.8 Å². The number of hydrogen-bond donors (Lipinski definition) is 2. The van der Waals surface area contributed by atoms with Gasteiger partial charge in [-0.1, -0.05) is 35.6 Å². The van der Waals surface area contributed by atoms with Crippen LogP contribution < -0.4 is 10.1 Å². The second-order valence-corrected chi connectivity index (χ2v) is 5.78. The average Bonchev–Trinajstić information content (AvgIpc) is 2.90. The lowest BCUT2D eigenvalue weighted by Gasteiger charge is -2.06.